The average Bonchev–Trinajstić information content (AvgIpc) is 2.19. The summed E-state index contributed by atoms with van der Waals surface area (Å²) >= 11 is 0. The number of benzene rings is 1. The van der Waals surface area contributed by atoms with Gasteiger partial charge >= 0.3 is 6.09 Å². The molecule has 1 aromatic carbocycles. The van der Waals surface area contributed by atoms with Crippen LogP contribution in [0.5, 0.6) is 0 Å². The van der Waals surface area contributed by atoms with Gasteiger partial charge in [0.25, 0.3) is 0 Å². The molecule has 0 atom stereocenters. The molecule has 0 aliphatic rings. The van der Waals surface area contributed by atoms with Gasteiger partial charge in [-0.25, -0.2) is 4.79 Å². The zero-order valence-electron chi connectivity index (χ0n) is 7.91. The first-order valence-electron chi connectivity index (χ1n) is 4.28. The van der Waals surface area contributed by atoms with Crippen molar-refractivity contribution in [1.29, 1.82) is 0 Å². The summed E-state index contributed by atoms with van der Waals surface area (Å²) in [4.78, 5) is 10.9. The van der Waals surface area contributed by atoms with Crippen LogP contribution in [-0.2, 0) is 11.2 Å². The number of nitrogens with one attached hydrogen (secondary N) is 1. The molecule has 0 spiro atoms. The van der Waals surface area contributed by atoms with Crippen molar-refractivity contribution in [3.63, 3.8) is 0 Å². The largest absolute Gasteiger partial charge is 0.425 e. The molecule has 0 aliphatic carbocycles. The SMILES string of the molecule is C#COC(=O)Nc1ccc(CC)cc1. The summed E-state index contributed by atoms with van der Waals surface area (Å²) in [5, 5.41) is 2.49. The molecular weight excluding hydrogens is 178 g/mol. The number of anilines is 1. The Morgan fingerprint density at radius 1 is 1.50 bits per heavy atom. The molecule has 0 fully saturated rings. The molecule has 0 aliphatic heterocycles. The summed E-state index contributed by atoms with van der Waals surface area (Å²) in [5.41, 5.74) is 1.88. The second-order valence-corrected chi connectivity index (χ2v) is 2.68. The van der Waals surface area contributed by atoms with E-state index in [1.165, 1.54) is 5.56 Å². The third-order valence-corrected chi connectivity index (χ3v) is 1.76. The minimum absolute atomic E-state index is 0.642. The number of amides is 1. The fourth-order valence-electron chi connectivity index (χ4n) is 1.02. The van der Waals surface area contributed by atoms with Crippen molar-refractivity contribution in [3.05, 3.63) is 29.8 Å². The summed E-state index contributed by atoms with van der Waals surface area (Å²) in [5.74, 6) is 0. The minimum Gasteiger partial charge on any atom is -0.356 e. The number of carbonyl (C=O) groups excluding carboxylic acids is 1. The van der Waals surface area contributed by atoms with Gasteiger partial charge in [0, 0.05) is 5.69 Å². The third-order valence-electron chi connectivity index (χ3n) is 1.76. The Balaban J connectivity index is 2.60. The standard InChI is InChI=1S/C11H11NO2/c1-3-9-5-7-10(8-6-9)12-11(13)14-4-2/h2,5-8H,3H2,1H3,(H,12,13). The third kappa shape index (κ3) is 2.83. The topological polar surface area (TPSA) is 38.3 Å². The van der Waals surface area contributed by atoms with Crippen molar-refractivity contribution in [2.45, 2.75) is 13.3 Å². The van der Waals surface area contributed by atoms with Gasteiger partial charge in [-0.1, -0.05) is 25.5 Å². The van der Waals surface area contributed by atoms with Crippen molar-refractivity contribution in [2.75, 3.05) is 5.32 Å². The summed E-state index contributed by atoms with van der Waals surface area (Å²) < 4.78 is 4.28. The van der Waals surface area contributed by atoms with Gasteiger partial charge in [-0.15, -0.1) is 0 Å². The van der Waals surface area contributed by atoms with Crippen LogP contribution < -0.4 is 5.32 Å². The predicted octanol–water partition coefficient (Wildman–Crippen LogP) is 2.39. The first-order valence-corrected chi connectivity index (χ1v) is 4.28. The zero-order chi connectivity index (χ0) is 10.4. The van der Waals surface area contributed by atoms with Crippen LogP contribution in [0.25, 0.3) is 0 Å². The first kappa shape index (κ1) is 10.1. The summed E-state index contributed by atoms with van der Waals surface area (Å²) in [6.07, 6.45) is 6.92. The normalized spacial score (nSPS) is 8.86. The van der Waals surface area contributed by atoms with Gasteiger partial charge < -0.3 is 4.74 Å². The molecular formula is C11H11NO2. The van der Waals surface area contributed by atoms with Crippen LogP contribution in [0.4, 0.5) is 10.5 Å². The maximum atomic E-state index is 10.9. The van der Waals surface area contributed by atoms with Gasteiger partial charge in [-0.2, -0.15) is 0 Å². The second-order valence-electron chi connectivity index (χ2n) is 2.68. The van der Waals surface area contributed by atoms with E-state index in [-0.39, 0.29) is 0 Å². The predicted molar refractivity (Wildman–Crippen MR) is 54.8 cm³/mol. The molecule has 1 N–H and O–H groups in total. The molecule has 1 aromatic rings. The van der Waals surface area contributed by atoms with E-state index in [0.29, 0.717) is 5.69 Å². The fraction of sp³-hybridized carbons (Fsp3) is 0.182. The van der Waals surface area contributed by atoms with Crippen LogP contribution in [0.15, 0.2) is 24.3 Å². The smallest absolute Gasteiger partial charge is 0.356 e. The van der Waals surface area contributed by atoms with Crippen molar-refractivity contribution < 1.29 is 9.53 Å². The van der Waals surface area contributed by atoms with Gasteiger partial charge in [0.2, 0.25) is 0 Å². The molecule has 0 bridgehead atoms. The van der Waals surface area contributed by atoms with E-state index in [1.807, 2.05) is 12.1 Å². The Bertz CT molecular complexity index is 349. The lowest BCUT2D eigenvalue weighted by molar-refractivity contribution is 0.207. The van der Waals surface area contributed by atoms with E-state index in [0.717, 1.165) is 6.42 Å². The van der Waals surface area contributed by atoms with Gasteiger partial charge in [0.1, 0.15) is 6.11 Å². The molecule has 0 radical (unpaired) electrons. The number of aryl methyl sites for hydroxylation is 1. The Kier molecular flexibility index (Phi) is 3.57. The van der Waals surface area contributed by atoms with E-state index in [9.17, 15) is 4.79 Å². The summed E-state index contributed by atoms with van der Waals surface area (Å²) in [6, 6.07) is 7.48. The van der Waals surface area contributed by atoms with E-state index in [1.54, 1.807) is 18.2 Å². The van der Waals surface area contributed by atoms with E-state index < -0.39 is 6.09 Å². The number of terminal acetylenes is 1. The Hall–Kier alpha value is -1.95. The zero-order valence-corrected chi connectivity index (χ0v) is 7.91. The maximum Gasteiger partial charge on any atom is 0.425 e. The fourth-order valence-corrected chi connectivity index (χ4v) is 1.02. The lowest BCUT2D eigenvalue weighted by Gasteiger charge is -2.02. The molecule has 3 heteroatoms. The summed E-state index contributed by atoms with van der Waals surface area (Å²) in [7, 11) is 0. The number of ether oxygens (including phenoxy) is 1. The quantitative estimate of drug-likeness (QED) is 0.725. The van der Waals surface area contributed by atoms with E-state index in [4.69, 9.17) is 6.42 Å². The highest BCUT2D eigenvalue weighted by molar-refractivity contribution is 5.85. The molecule has 0 aromatic heterocycles. The van der Waals surface area contributed by atoms with Crippen LogP contribution >= 0.6 is 0 Å². The maximum absolute atomic E-state index is 10.9. The van der Waals surface area contributed by atoms with Crippen LogP contribution in [0.2, 0.25) is 0 Å². The van der Waals surface area contributed by atoms with Crippen molar-refractivity contribution >= 4 is 11.8 Å². The molecule has 3 nitrogen and oxygen atoms in total. The Morgan fingerprint density at radius 2 is 2.14 bits per heavy atom. The average molecular weight is 189 g/mol. The Morgan fingerprint density at radius 3 is 2.64 bits per heavy atom. The molecule has 72 valence electrons. The summed E-state index contributed by atoms with van der Waals surface area (Å²) in [6.45, 7) is 2.06. The van der Waals surface area contributed by atoms with Crippen LogP contribution in [0.1, 0.15) is 12.5 Å². The monoisotopic (exact) mass is 189 g/mol. The van der Waals surface area contributed by atoms with E-state index in [2.05, 4.69) is 17.0 Å². The van der Waals surface area contributed by atoms with Gasteiger partial charge in [-0.3, -0.25) is 5.32 Å². The molecule has 14 heavy (non-hydrogen) atoms. The van der Waals surface area contributed by atoms with Crippen molar-refractivity contribution in [2.24, 2.45) is 0 Å². The first-order chi connectivity index (χ1) is 6.76. The second kappa shape index (κ2) is 4.93. The van der Waals surface area contributed by atoms with Gasteiger partial charge in [0.15, 0.2) is 0 Å². The number of rotatable bonds is 2. The molecule has 0 saturated carbocycles. The highest BCUT2D eigenvalue weighted by atomic mass is 16.5. The van der Waals surface area contributed by atoms with Crippen LogP contribution in [-0.4, -0.2) is 6.09 Å². The number of hydrogen-bond acceptors (Lipinski definition) is 2. The lowest BCUT2D eigenvalue weighted by atomic mass is 10.1. The number of hydrogen-bond donors (Lipinski definition) is 1. The molecule has 0 saturated heterocycles. The van der Waals surface area contributed by atoms with Crippen molar-refractivity contribution in [1.82, 2.24) is 0 Å². The highest BCUT2D eigenvalue weighted by Gasteiger charge is 2.00. The Labute approximate surface area is 83.1 Å². The lowest BCUT2D eigenvalue weighted by Crippen LogP contribution is -2.10. The number of carbonyl (C=O) groups is 1. The van der Waals surface area contributed by atoms with Crippen LogP contribution in [0, 0.1) is 12.5 Å². The molecule has 0 heterocycles. The van der Waals surface area contributed by atoms with Crippen LogP contribution in [0.3, 0.4) is 0 Å². The minimum atomic E-state index is -0.642. The molecule has 1 amide bonds. The van der Waals surface area contributed by atoms with Gasteiger partial charge in [0.05, 0.1) is 0 Å². The molecule has 1 rings (SSSR count). The van der Waals surface area contributed by atoms with Gasteiger partial charge in [-0.05, 0) is 24.1 Å². The molecule has 0 unspecified atom stereocenters. The van der Waals surface area contributed by atoms with E-state index >= 15 is 0 Å². The highest BCUT2D eigenvalue weighted by Crippen LogP contribution is 2.09. The van der Waals surface area contributed by atoms with Crippen molar-refractivity contribution in [3.8, 4) is 12.5 Å².